The lowest BCUT2D eigenvalue weighted by molar-refractivity contribution is -0.156. The first-order valence-corrected chi connectivity index (χ1v) is 9.19. The van der Waals surface area contributed by atoms with Crippen molar-refractivity contribution in [3.63, 3.8) is 0 Å². The van der Waals surface area contributed by atoms with Crippen LogP contribution in [0.25, 0.3) is 10.9 Å². The van der Waals surface area contributed by atoms with Crippen LogP contribution in [-0.2, 0) is 9.53 Å². The molecular weight excluding hydrogens is 370 g/mol. The smallest absolute Gasteiger partial charge is 0.320 e. The SMILES string of the molecule is CC(C)(C)OC(=O)CN1CCC(c2n[nH]c3cc(Br)ccc23)CC1. The lowest BCUT2D eigenvalue weighted by Crippen LogP contribution is -2.39. The van der Waals surface area contributed by atoms with Gasteiger partial charge in [-0.25, -0.2) is 0 Å². The van der Waals surface area contributed by atoms with Gasteiger partial charge in [0.05, 0.1) is 17.8 Å². The average molecular weight is 394 g/mol. The fourth-order valence-electron chi connectivity index (χ4n) is 3.25. The highest BCUT2D eigenvalue weighted by Gasteiger charge is 2.26. The minimum Gasteiger partial charge on any atom is -0.459 e. The highest BCUT2D eigenvalue weighted by molar-refractivity contribution is 9.10. The van der Waals surface area contributed by atoms with Crippen LogP contribution in [0.5, 0.6) is 0 Å². The van der Waals surface area contributed by atoms with Crippen LogP contribution in [0.4, 0.5) is 0 Å². The van der Waals surface area contributed by atoms with Crippen molar-refractivity contribution in [1.82, 2.24) is 15.1 Å². The molecule has 3 rings (SSSR count). The third-order valence-electron chi connectivity index (χ3n) is 4.30. The van der Waals surface area contributed by atoms with Gasteiger partial charge in [0.15, 0.2) is 0 Å². The van der Waals surface area contributed by atoms with Crippen LogP contribution >= 0.6 is 15.9 Å². The van der Waals surface area contributed by atoms with E-state index in [1.165, 1.54) is 5.39 Å². The van der Waals surface area contributed by atoms with E-state index < -0.39 is 5.60 Å². The van der Waals surface area contributed by atoms with Gasteiger partial charge in [0, 0.05) is 15.8 Å². The first-order valence-electron chi connectivity index (χ1n) is 8.39. The van der Waals surface area contributed by atoms with Gasteiger partial charge < -0.3 is 4.74 Å². The number of piperidine rings is 1. The number of aromatic nitrogens is 2. The molecule has 1 fully saturated rings. The summed E-state index contributed by atoms with van der Waals surface area (Å²) < 4.78 is 6.46. The van der Waals surface area contributed by atoms with Crippen molar-refractivity contribution in [2.24, 2.45) is 0 Å². The van der Waals surface area contributed by atoms with Gasteiger partial charge in [-0.1, -0.05) is 15.9 Å². The predicted octanol–water partition coefficient (Wildman–Crippen LogP) is 3.85. The van der Waals surface area contributed by atoms with Gasteiger partial charge in [0.2, 0.25) is 0 Å². The molecule has 0 spiro atoms. The van der Waals surface area contributed by atoms with Gasteiger partial charge in [-0.05, 0) is 64.9 Å². The van der Waals surface area contributed by atoms with Gasteiger partial charge in [-0.3, -0.25) is 14.8 Å². The molecule has 2 heterocycles. The monoisotopic (exact) mass is 393 g/mol. The lowest BCUT2D eigenvalue weighted by Gasteiger charge is -2.31. The quantitative estimate of drug-likeness (QED) is 0.804. The summed E-state index contributed by atoms with van der Waals surface area (Å²) in [7, 11) is 0. The second kappa shape index (κ2) is 6.84. The number of H-pyrrole nitrogens is 1. The van der Waals surface area contributed by atoms with E-state index in [0.717, 1.165) is 41.6 Å². The number of nitrogens with zero attached hydrogens (tertiary/aromatic N) is 2. The highest BCUT2D eigenvalue weighted by Crippen LogP contribution is 2.32. The Labute approximate surface area is 150 Å². The molecule has 0 saturated carbocycles. The highest BCUT2D eigenvalue weighted by atomic mass is 79.9. The third-order valence-corrected chi connectivity index (χ3v) is 4.79. The number of carbonyl (C=O) groups is 1. The summed E-state index contributed by atoms with van der Waals surface area (Å²) in [5.74, 6) is 0.297. The minimum absolute atomic E-state index is 0.143. The number of fused-ring (bicyclic) bond motifs is 1. The number of carbonyl (C=O) groups excluding carboxylic acids is 1. The van der Waals surface area contributed by atoms with Crippen molar-refractivity contribution in [2.75, 3.05) is 19.6 Å². The average Bonchev–Trinajstić information content (AvgIpc) is 2.89. The Morgan fingerprint density at radius 1 is 1.38 bits per heavy atom. The molecule has 1 aliphatic heterocycles. The van der Waals surface area contributed by atoms with Gasteiger partial charge in [-0.15, -0.1) is 0 Å². The molecule has 6 heteroatoms. The molecule has 0 amide bonds. The lowest BCUT2D eigenvalue weighted by atomic mass is 9.91. The van der Waals surface area contributed by atoms with Gasteiger partial charge >= 0.3 is 5.97 Å². The van der Waals surface area contributed by atoms with Crippen LogP contribution in [0.3, 0.4) is 0 Å². The number of hydrogen-bond donors (Lipinski definition) is 1. The minimum atomic E-state index is -0.419. The Morgan fingerprint density at radius 2 is 2.08 bits per heavy atom. The van der Waals surface area contributed by atoms with Crippen molar-refractivity contribution < 1.29 is 9.53 Å². The van der Waals surface area contributed by atoms with E-state index in [0.29, 0.717) is 12.5 Å². The van der Waals surface area contributed by atoms with Crippen LogP contribution in [-0.4, -0.2) is 46.3 Å². The number of likely N-dealkylation sites (tertiary alicyclic amines) is 1. The number of ether oxygens (including phenoxy) is 1. The molecule has 0 bridgehead atoms. The number of halogens is 1. The van der Waals surface area contributed by atoms with E-state index in [4.69, 9.17) is 4.74 Å². The number of benzene rings is 1. The Balaban J connectivity index is 1.59. The molecule has 1 aromatic carbocycles. The summed E-state index contributed by atoms with van der Waals surface area (Å²) >= 11 is 3.49. The number of aromatic amines is 1. The maximum Gasteiger partial charge on any atom is 0.320 e. The second-order valence-electron chi connectivity index (χ2n) is 7.44. The molecular formula is C18H24BrN3O2. The zero-order chi connectivity index (χ0) is 17.3. The summed E-state index contributed by atoms with van der Waals surface area (Å²) in [6.07, 6.45) is 2.03. The van der Waals surface area contributed by atoms with E-state index in [1.807, 2.05) is 20.8 Å². The summed E-state index contributed by atoms with van der Waals surface area (Å²) in [5.41, 5.74) is 1.79. The van der Waals surface area contributed by atoms with Crippen molar-refractivity contribution >= 4 is 32.8 Å². The van der Waals surface area contributed by atoms with Crippen LogP contribution in [0.1, 0.15) is 45.2 Å². The van der Waals surface area contributed by atoms with Crippen LogP contribution in [0.15, 0.2) is 22.7 Å². The maximum absolute atomic E-state index is 12.0. The van der Waals surface area contributed by atoms with Crippen LogP contribution < -0.4 is 0 Å². The third kappa shape index (κ3) is 4.16. The van der Waals surface area contributed by atoms with E-state index in [2.05, 4.69) is 49.2 Å². The Bertz CT molecular complexity index is 727. The Morgan fingerprint density at radius 3 is 2.75 bits per heavy atom. The van der Waals surface area contributed by atoms with Crippen molar-refractivity contribution in [1.29, 1.82) is 0 Å². The number of esters is 1. The number of nitrogens with one attached hydrogen (secondary N) is 1. The Kier molecular flexibility index (Phi) is 4.97. The molecule has 1 saturated heterocycles. The molecule has 1 N–H and O–H groups in total. The number of hydrogen-bond acceptors (Lipinski definition) is 4. The predicted molar refractivity (Wildman–Crippen MR) is 98.1 cm³/mol. The molecule has 0 radical (unpaired) electrons. The van der Waals surface area contributed by atoms with Gasteiger partial charge in [0.25, 0.3) is 0 Å². The van der Waals surface area contributed by atoms with E-state index in [1.54, 1.807) is 0 Å². The zero-order valence-electron chi connectivity index (χ0n) is 14.4. The van der Waals surface area contributed by atoms with E-state index in [9.17, 15) is 4.79 Å². The summed E-state index contributed by atoms with van der Waals surface area (Å²) in [5, 5.41) is 8.86. The van der Waals surface area contributed by atoms with Gasteiger partial charge in [0.1, 0.15) is 5.60 Å². The topological polar surface area (TPSA) is 58.2 Å². The standard InChI is InChI=1S/C18H24BrN3O2/c1-18(2,3)24-16(23)11-22-8-6-12(7-9-22)17-14-5-4-13(19)10-15(14)20-21-17/h4-5,10,12H,6-9,11H2,1-3H3,(H,20,21). The molecule has 0 atom stereocenters. The number of rotatable bonds is 3. The normalized spacial score (nSPS) is 17.3. The fraction of sp³-hybridized carbons (Fsp3) is 0.556. The molecule has 5 nitrogen and oxygen atoms in total. The van der Waals surface area contributed by atoms with Crippen LogP contribution in [0.2, 0.25) is 0 Å². The van der Waals surface area contributed by atoms with E-state index >= 15 is 0 Å². The maximum atomic E-state index is 12.0. The first-order chi connectivity index (χ1) is 11.3. The largest absolute Gasteiger partial charge is 0.459 e. The molecule has 1 aliphatic rings. The molecule has 130 valence electrons. The summed E-state index contributed by atoms with van der Waals surface area (Å²) in [4.78, 5) is 14.1. The van der Waals surface area contributed by atoms with Crippen molar-refractivity contribution in [2.45, 2.75) is 45.1 Å². The van der Waals surface area contributed by atoms with E-state index in [-0.39, 0.29) is 5.97 Å². The molecule has 24 heavy (non-hydrogen) atoms. The molecule has 0 aliphatic carbocycles. The fourth-order valence-corrected chi connectivity index (χ4v) is 3.61. The van der Waals surface area contributed by atoms with Gasteiger partial charge in [-0.2, -0.15) is 5.10 Å². The van der Waals surface area contributed by atoms with Crippen molar-refractivity contribution in [3.05, 3.63) is 28.4 Å². The van der Waals surface area contributed by atoms with Crippen LogP contribution in [0, 0.1) is 0 Å². The Hall–Kier alpha value is -1.40. The summed E-state index contributed by atoms with van der Waals surface area (Å²) in [6, 6.07) is 6.23. The first kappa shape index (κ1) is 17.4. The summed E-state index contributed by atoms with van der Waals surface area (Å²) in [6.45, 7) is 7.87. The second-order valence-corrected chi connectivity index (χ2v) is 8.35. The zero-order valence-corrected chi connectivity index (χ0v) is 16.0. The molecule has 1 aromatic heterocycles. The molecule has 0 unspecified atom stereocenters. The molecule has 2 aromatic rings. The van der Waals surface area contributed by atoms with Crippen molar-refractivity contribution in [3.8, 4) is 0 Å².